The van der Waals surface area contributed by atoms with Gasteiger partial charge in [0, 0.05) is 29.4 Å². The van der Waals surface area contributed by atoms with Gasteiger partial charge in [-0.3, -0.25) is 19.9 Å². The predicted molar refractivity (Wildman–Crippen MR) is 91.9 cm³/mol. The summed E-state index contributed by atoms with van der Waals surface area (Å²) in [7, 11) is 0. The Labute approximate surface area is 157 Å². The van der Waals surface area contributed by atoms with E-state index in [-0.39, 0.29) is 41.0 Å². The molecule has 1 atom stereocenters. The molecule has 2 heterocycles. The molecular formula is C16H12Cl2FN3O4. The number of aromatic nitrogens is 1. The highest BCUT2D eigenvalue weighted by molar-refractivity contribution is 6.35. The van der Waals surface area contributed by atoms with Gasteiger partial charge in [-0.05, 0) is 12.1 Å². The first kappa shape index (κ1) is 18.5. The van der Waals surface area contributed by atoms with Crippen LogP contribution in [0.1, 0.15) is 22.0 Å². The topological polar surface area (TPSA) is 85.6 Å². The largest absolute Gasteiger partial charge is 0.370 e. The Balaban J connectivity index is 1.82. The molecule has 1 unspecified atom stereocenters. The van der Waals surface area contributed by atoms with E-state index in [1.807, 2.05) is 0 Å². The van der Waals surface area contributed by atoms with Crippen LogP contribution in [0.25, 0.3) is 0 Å². The third-order valence-corrected chi connectivity index (χ3v) is 4.54. The van der Waals surface area contributed by atoms with Crippen molar-refractivity contribution in [3.05, 3.63) is 67.7 Å². The average Bonchev–Trinajstić information content (AvgIpc) is 2.64. The number of morpholine rings is 1. The molecule has 1 fully saturated rings. The third kappa shape index (κ3) is 3.77. The molecule has 1 aliphatic heterocycles. The molecule has 0 saturated carbocycles. The first-order valence-corrected chi connectivity index (χ1v) is 8.27. The first-order valence-electron chi connectivity index (χ1n) is 7.51. The first-order chi connectivity index (χ1) is 12.4. The Kier molecular flexibility index (Phi) is 5.36. The number of carbonyl (C=O) groups is 1. The van der Waals surface area contributed by atoms with Crippen molar-refractivity contribution in [2.24, 2.45) is 0 Å². The molecule has 1 amide bonds. The number of rotatable bonds is 3. The van der Waals surface area contributed by atoms with Gasteiger partial charge in [-0.1, -0.05) is 23.2 Å². The van der Waals surface area contributed by atoms with Crippen LogP contribution in [0.15, 0.2) is 30.6 Å². The van der Waals surface area contributed by atoms with Gasteiger partial charge in [-0.15, -0.1) is 0 Å². The van der Waals surface area contributed by atoms with Gasteiger partial charge < -0.3 is 9.64 Å². The van der Waals surface area contributed by atoms with E-state index >= 15 is 0 Å². The summed E-state index contributed by atoms with van der Waals surface area (Å²) >= 11 is 11.8. The number of halogens is 3. The molecule has 10 heteroatoms. The van der Waals surface area contributed by atoms with E-state index in [1.54, 1.807) is 0 Å². The lowest BCUT2D eigenvalue weighted by Gasteiger charge is -2.33. The van der Waals surface area contributed by atoms with Crippen LogP contribution in [0.3, 0.4) is 0 Å². The van der Waals surface area contributed by atoms with Crippen LogP contribution in [0.4, 0.5) is 10.1 Å². The van der Waals surface area contributed by atoms with Gasteiger partial charge in [-0.2, -0.15) is 0 Å². The van der Waals surface area contributed by atoms with E-state index < -0.39 is 22.8 Å². The van der Waals surface area contributed by atoms with Crippen molar-refractivity contribution >= 4 is 34.8 Å². The SMILES string of the molecule is O=C(c1cncc([N+](=O)[O-])c1)N1CCOC(c2cc(F)c(Cl)cc2Cl)C1. The second-order valence-electron chi connectivity index (χ2n) is 5.59. The summed E-state index contributed by atoms with van der Waals surface area (Å²) < 4.78 is 19.4. The summed E-state index contributed by atoms with van der Waals surface area (Å²) in [5.74, 6) is -1.07. The smallest absolute Gasteiger partial charge is 0.288 e. The molecule has 2 aromatic rings. The number of benzene rings is 1. The predicted octanol–water partition coefficient (Wildman–Crippen LogP) is 3.65. The molecule has 0 aliphatic carbocycles. The summed E-state index contributed by atoms with van der Waals surface area (Å²) in [6.07, 6.45) is 1.68. The van der Waals surface area contributed by atoms with Gasteiger partial charge in [0.05, 0.1) is 28.7 Å². The van der Waals surface area contributed by atoms with Crippen LogP contribution < -0.4 is 0 Å². The van der Waals surface area contributed by atoms with Crippen molar-refractivity contribution in [3.63, 3.8) is 0 Å². The minimum absolute atomic E-state index is 0.0910. The Morgan fingerprint density at radius 3 is 2.81 bits per heavy atom. The van der Waals surface area contributed by atoms with Gasteiger partial charge in [0.15, 0.2) is 0 Å². The van der Waals surface area contributed by atoms with Crippen molar-refractivity contribution in [3.8, 4) is 0 Å². The van der Waals surface area contributed by atoms with Crippen LogP contribution in [0, 0.1) is 15.9 Å². The maximum atomic E-state index is 13.8. The number of nitro groups is 1. The fourth-order valence-corrected chi connectivity index (χ4v) is 3.14. The lowest BCUT2D eigenvalue weighted by Crippen LogP contribution is -2.42. The maximum absolute atomic E-state index is 13.8. The highest BCUT2D eigenvalue weighted by Crippen LogP contribution is 2.32. The zero-order valence-electron chi connectivity index (χ0n) is 13.2. The fraction of sp³-hybridized carbons (Fsp3) is 0.250. The van der Waals surface area contributed by atoms with Crippen molar-refractivity contribution in [1.29, 1.82) is 0 Å². The molecule has 0 N–H and O–H groups in total. The highest BCUT2D eigenvalue weighted by Gasteiger charge is 2.29. The quantitative estimate of drug-likeness (QED) is 0.446. The number of amides is 1. The molecular weight excluding hydrogens is 388 g/mol. The molecule has 136 valence electrons. The number of hydrogen-bond acceptors (Lipinski definition) is 5. The molecule has 26 heavy (non-hydrogen) atoms. The van der Waals surface area contributed by atoms with Crippen LogP contribution >= 0.6 is 23.2 Å². The van der Waals surface area contributed by atoms with Crippen LogP contribution in [-0.4, -0.2) is 40.4 Å². The summed E-state index contributed by atoms with van der Waals surface area (Å²) in [5, 5.41) is 11.0. The normalized spacial score (nSPS) is 17.2. The molecule has 0 radical (unpaired) electrons. The number of hydrogen-bond donors (Lipinski definition) is 0. The van der Waals surface area contributed by atoms with Crippen molar-refractivity contribution < 1.29 is 18.8 Å². The lowest BCUT2D eigenvalue weighted by atomic mass is 10.1. The van der Waals surface area contributed by atoms with Crippen LogP contribution in [-0.2, 0) is 4.74 Å². The van der Waals surface area contributed by atoms with E-state index in [2.05, 4.69) is 4.98 Å². The summed E-state index contributed by atoms with van der Waals surface area (Å²) in [6, 6.07) is 3.62. The molecule has 1 saturated heterocycles. The molecule has 0 spiro atoms. The number of carbonyl (C=O) groups excluding carboxylic acids is 1. The standard InChI is InChI=1S/C16H12Cl2FN3O4/c17-12-5-13(18)14(19)4-11(12)15-8-21(1-2-26-15)16(23)9-3-10(22(24)25)7-20-6-9/h3-7,15H,1-2,8H2. The Morgan fingerprint density at radius 1 is 1.31 bits per heavy atom. The van der Waals surface area contributed by atoms with E-state index in [0.29, 0.717) is 5.56 Å². The summed E-state index contributed by atoms with van der Waals surface area (Å²) in [4.78, 5) is 28.0. The van der Waals surface area contributed by atoms with Gasteiger partial charge >= 0.3 is 0 Å². The molecule has 7 nitrogen and oxygen atoms in total. The number of pyridine rings is 1. The Hall–Kier alpha value is -2.29. The van der Waals surface area contributed by atoms with Gasteiger partial charge in [-0.25, -0.2) is 4.39 Å². The molecule has 3 rings (SSSR count). The maximum Gasteiger partial charge on any atom is 0.288 e. The monoisotopic (exact) mass is 399 g/mol. The zero-order valence-corrected chi connectivity index (χ0v) is 14.7. The van der Waals surface area contributed by atoms with Crippen molar-refractivity contribution in [2.75, 3.05) is 19.7 Å². The molecule has 1 aromatic carbocycles. The van der Waals surface area contributed by atoms with Crippen LogP contribution in [0.5, 0.6) is 0 Å². The summed E-state index contributed by atoms with van der Waals surface area (Å²) in [6.45, 7) is 0.605. The minimum Gasteiger partial charge on any atom is -0.370 e. The van der Waals surface area contributed by atoms with Crippen molar-refractivity contribution in [1.82, 2.24) is 9.88 Å². The van der Waals surface area contributed by atoms with Gasteiger partial charge in [0.1, 0.15) is 18.1 Å². The average molecular weight is 400 g/mol. The molecule has 1 aliphatic rings. The number of nitrogens with zero attached hydrogens (tertiary/aromatic N) is 3. The van der Waals surface area contributed by atoms with E-state index in [0.717, 1.165) is 12.3 Å². The van der Waals surface area contributed by atoms with E-state index in [9.17, 15) is 19.3 Å². The zero-order chi connectivity index (χ0) is 18.8. The van der Waals surface area contributed by atoms with E-state index in [1.165, 1.54) is 23.2 Å². The van der Waals surface area contributed by atoms with Crippen LogP contribution in [0.2, 0.25) is 10.0 Å². The second-order valence-corrected chi connectivity index (χ2v) is 6.40. The molecule has 1 aromatic heterocycles. The minimum atomic E-state index is -0.640. The summed E-state index contributed by atoms with van der Waals surface area (Å²) in [5.41, 5.74) is 0.194. The Morgan fingerprint density at radius 2 is 2.08 bits per heavy atom. The Bertz CT molecular complexity index is 881. The fourth-order valence-electron chi connectivity index (χ4n) is 2.63. The lowest BCUT2D eigenvalue weighted by molar-refractivity contribution is -0.385. The number of ether oxygens (including phenoxy) is 1. The van der Waals surface area contributed by atoms with Crippen molar-refractivity contribution in [2.45, 2.75) is 6.10 Å². The second kappa shape index (κ2) is 7.53. The van der Waals surface area contributed by atoms with E-state index in [4.69, 9.17) is 27.9 Å². The van der Waals surface area contributed by atoms with Gasteiger partial charge in [0.25, 0.3) is 11.6 Å². The third-order valence-electron chi connectivity index (χ3n) is 3.92. The molecule has 0 bridgehead atoms. The highest BCUT2D eigenvalue weighted by atomic mass is 35.5. The van der Waals surface area contributed by atoms with Gasteiger partial charge in [0.2, 0.25) is 0 Å².